The van der Waals surface area contributed by atoms with E-state index in [1.807, 2.05) is 0 Å². The van der Waals surface area contributed by atoms with E-state index in [4.69, 9.17) is 0 Å². The number of nitrogens with zero attached hydrogens (tertiary/aromatic N) is 1. The number of H-pyrrole nitrogens is 1. The minimum absolute atomic E-state index is 0.230. The molecule has 0 amide bonds. The summed E-state index contributed by atoms with van der Waals surface area (Å²) < 4.78 is 27.4. The van der Waals surface area contributed by atoms with Crippen LogP contribution in [0.1, 0.15) is 44.2 Å². The van der Waals surface area contributed by atoms with E-state index < -0.39 is 0 Å². The van der Waals surface area contributed by atoms with E-state index in [1.54, 1.807) is 12.1 Å². The molecule has 0 bridgehead atoms. The van der Waals surface area contributed by atoms with E-state index >= 15 is 0 Å². The van der Waals surface area contributed by atoms with E-state index in [1.165, 1.54) is 12.1 Å². The van der Waals surface area contributed by atoms with Crippen LogP contribution < -0.4 is 0 Å². The van der Waals surface area contributed by atoms with E-state index in [9.17, 15) is 8.78 Å². The van der Waals surface area contributed by atoms with Gasteiger partial charge >= 0.3 is 0 Å². The SMILES string of the molecule is CC1CCC(c2[nH]nc(-c3ccc(F)cc3)c2F)CC1. The van der Waals surface area contributed by atoms with Crippen LogP contribution in [0.2, 0.25) is 0 Å². The van der Waals surface area contributed by atoms with E-state index in [-0.39, 0.29) is 17.6 Å². The molecule has 0 spiro atoms. The van der Waals surface area contributed by atoms with Gasteiger partial charge in [0.05, 0.1) is 5.69 Å². The molecule has 2 nitrogen and oxygen atoms in total. The quantitative estimate of drug-likeness (QED) is 0.849. The molecule has 0 atom stereocenters. The fraction of sp³-hybridized carbons (Fsp3) is 0.438. The molecule has 4 heteroatoms. The van der Waals surface area contributed by atoms with E-state index in [2.05, 4.69) is 17.1 Å². The maximum absolute atomic E-state index is 14.5. The molecule has 0 unspecified atom stereocenters. The zero-order valence-corrected chi connectivity index (χ0v) is 11.5. The first-order chi connectivity index (χ1) is 9.65. The summed E-state index contributed by atoms with van der Waals surface area (Å²) in [6.07, 6.45) is 4.27. The van der Waals surface area contributed by atoms with Crippen LogP contribution in [0.3, 0.4) is 0 Å². The lowest BCUT2D eigenvalue weighted by atomic mass is 9.81. The Morgan fingerprint density at radius 1 is 1.05 bits per heavy atom. The van der Waals surface area contributed by atoms with Gasteiger partial charge in [-0.05, 0) is 43.0 Å². The van der Waals surface area contributed by atoms with Gasteiger partial charge in [0, 0.05) is 11.5 Å². The molecular formula is C16H18F2N2. The second kappa shape index (κ2) is 5.35. The first-order valence-electron chi connectivity index (χ1n) is 7.15. The molecule has 3 rings (SSSR count). The van der Waals surface area contributed by atoms with Gasteiger partial charge in [-0.1, -0.05) is 19.8 Å². The number of halogens is 2. The van der Waals surface area contributed by atoms with Crippen LogP contribution in [-0.2, 0) is 0 Å². The number of aromatic nitrogens is 2. The normalized spacial score (nSPS) is 22.9. The van der Waals surface area contributed by atoms with Crippen LogP contribution in [0, 0.1) is 17.6 Å². The summed E-state index contributed by atoms with van der Waals surface area (Å²) in [6.45, 7) is 2.24. The van der Waals surface area contributed by atoms with Gasteiger partial charge in [-0.3, -0.25) is 5.10 Å². The third-order valence-electron chi connectivity index (χ3n) is 4.27. The smallest absolute Gasteiger partial charge is 0.172 e. The van der Waals surface area contributed by atoms with Gasteiger partial charge in [0.25, 0.3) is 0 Å². The van der Waals surface area contributed by atoms with Gasteiger partial charge in [-0.15, -0.1) is 0 Å². The van der Waals surface area contributed by atoms with E-state index in [0.29, 0.717) is 17.0 Å². The molecule has 1 saturated carbocycles. The molecule has 20 heavy (non-hydrogen) atoms. The minimum Gasteiger partial charge on any atom is -0.279 e. The summed E-state index contributed by atoms with van der Waals surface area (Å²) in [5.41, 5.74) is 1.51. The van der Waals surface area contributed by atoms with Crippen molar-refractivity contribution >= 4 is 0 Å². The molecule has 1 aromatic heterocycles. The predicted molar refractivity (Wildman–Crippen MR) is 74.3 cm³/mol. The Balaban J connectivity index is 1.87. The molecule has 0 aliphatic heterocycles. The monoisotopic (exact) mass is 276 g/mol. The van der Waals surface area contributed by atoms with E-state index in [0.717, 1.165) is 31.6 Å². The Bertz CT molecular complexity index is 581. The van der Waals surface area contributed by atoms with Crippen molar-refractivity contribution in [1.82, 2.24) is 10.2 Å². The summed E-state index contributed by atoms with van der Waals surface area (Å²) >= 11 is 0. The third kappa shape index (κ3) is 2.47. The topological polar surface area (TPSA) is 28.7 Å². The lowest BCUT2D eigenvalue weighted by molar-refractivity contribution is 0.338. The number of aromatic amines is 1. The molecule has 0 radical (unpaired) electrons. The van der Waals surface area contributed by atoms with Crippen molar-refractivity contribution in [3.8, 4) is 11.3 Å². The fourth-order valence-electron chi connectivity index (χ4n) is 2.96. The second-order valence-corrected chi connectivity index (χ2v) is 5.76. The molecule has 1 fully saturated rings. The van der Waals surface area contributed by atoms with Gasteiger partial charge in [0.2, 0.25) is 0 Å². The molecule has 1 aliphatic carbocycles. The van der Waals surface area contributed by atoms with Crippen molar-refractivity contribution in [3.05, 3.63) is 41.6 Å². The summed E-state index contributed by atoms with van der Waals surface area (Å²) in [5, 5.41) is 6.94. The van der Waals surface area contributed by atoms with Crippen molar-refractivity contribution in [2.24, 2.45) is 5.92 Å². The summed E-state index contributed by atoms with van der Waals surface area (Å²) in [7, 11) is 0. The highest BCUT2D eigenvalue weighted by Gasteiger charge is 2.26. The molecule has 0 saturated heterocycles. The fourth-order valence-corrected chi connectivity index (χ4v) is 2.96. The van der Waals surface area contributed by atoms with Crippen LogP contribution in [-0.4, -0.2) is 10.2 Å². The lowest BCUT2D eigenvalue weighted by Crippen LogP contribution is -2.12. The van der Waals surface area contributed by atoms with Crippen LogP contribution in [0.25, 0.3) is 11.3 Å². The van der Waals surface area contributed by atoms with Gasteiger partial charge in [0.1, 0.15) is 11.5 Å². The Labute approximate surface area is 117 Å². The lowest BCUT2D eigenvalue weighted by Gasteiger charge is -2.25. The zero-order valence-electron chi connectivity index (χ0n) is 11.5. The van der Waals surface area contributed by atoms with Gasteiger partial charge in [0.15, 0.2) is 5.82 Å². The zero-order chi connectivity index (χ0) is 14.1. The van der Waals surface area contributed by atoms with Gasteiger partial charge in [-0.25, -0.2) is 8.78 Å². The van der Waals surface area contributed by atoms with Crippen molar-refractivity contribution in [3.63, 3.8) is 0 Å². The first kappa shape index (κ1) is 13.3. The van der Waals surface area contributed by atoms with Gasteiger partial charge < -0.3 is 0 Å². The Morgan fingerprint density at radius 2 is 1.70 bits per heavy atom. The molecule has 1 aliphatic rings. The number of rotatable bonds is 2. The molecule has 106 valence electrons. The molecule has 1 heterocycles. The number of benzene rings is 1. The predicted octanol–water partition coefficient (Wildman–Crippen LogP) is 4.65. The Hall–Kier alpha value is -1.71. The Kier molecular flexibility index (Phi) is 3.55. The first-order valence-corrected chi connectivity index (χ1v) is 7.15. The van der Waals surface area contributed by atoms with Crippen molar-refractivity contribution < 1.29 is 8.78 Å². The highest BCUT2D eigenvalue weighted by atomic mass is 19.1. The minimum atomic E-state index is -0.328. The molecule has 1 aromatic carbocycles. The standard InChI is InChI=1S/C16H18F2N2/c1-10-2-4-11(5-3-10)15-14(18)16(20-19-15)12-6-8-13(17)9-7-12/h6-11H,2-5H2,1H3,(H,19,20). The summed E-state index contributed by atoms with van der Waals surface area (Å²) in [4.78, 5) is 0. The van der Waals surface area contributed by atoms with Crippen molar-refractivity contribution in [2.75, 3.05) is 0 Å². The van der Waals surface area contributed by atoms with Crippen LogP contribution >= 0.6 is 0 Å². The van der Waals surface area contributed by atoms with Crippen molar-refractivity contribution in [2.45, 2.75) is 38.5 Å². The molecular weight excluding hydrogens is 258 g/mol. The van der Waals surface area contributed by atoms with Crippen LogP contribution in [0.15, 0.2) is 24.3 Å². The van der Waals surface area contributed by atoms with Gasteiger partial charge in [-0.2, -0.15) is 5.10 Å². The summed E-state index contributed by atoms with van der Waals surface area (Å²) in [6, 6.07) is 5.76. The number of hydrogen-bond donors (Lipinski definition) is 1. The summed E-state index contributed by atoms with van der Waals surface area (Å²) in [5.74, 6) is 0.351. The van der Waals surface area contributed by atoms with Crippen LogP contribution in [0.5, 0.6) is 0 Å². The Morgan fingerprint density at radius 3 is 2.35 bits per heavy atom. The average molecular weight is 276 g/mol. The number of hydrogen-bond acceptors (Lipinski definition) is 1. The highest BCUT2D eigenvalue weighted by Crippen LogP contribution is 2.37. The highest BCUT2D eigenvalue weighted by molar-refractivity contribution is 5.60. The molecule has 2 aromatic rings. The third-order valence-corrected chi connectivity index (χ3v) is 4.27. The molecule has 1 N–H and O–H groups in total. The largest absolute Gasteiger partial charge is 0.279 e. The maximum atomic E-state index is 14.5. The van der Waals surface area contributed by atoms with Crippen molar-refractivity contribution in [1.29, 1.82) is 0 Å². The maximum Gasteiger partial charge on any atom is 0.172 e. The average Bonchev–Trinajstić information content (AvgIpc) is 2.83. The second-order valence-electron chi connectivity index (χ2n) is 5.76. The van der Waals surface area contributed by atoms with Crippen LogP contribution in [0.4, 0.5) is 8.78 Å². The number of nitrogens with one attached hydrogen (secondary N) is 1.